The molecule has 0 radical (unpaired) electrons. The number of ketones is 2. The summed E-state index contributed by atoms with van der Waals surface area (Å²) < 4.78 is 4.88. The average Bonchev–Trinajstić information content (AvgIpc) is 2.27. The SMILES string of the molecule is COc1ccc(C(=O)C(=O)CC(=O)O)cc1Cl. The van der Waals surface area contributed by atoms with Crippen molar-refractivity contribution in [2.75, 3.05) is 7.11 Å². The highest BCUT2D eigenvalue weighted by Gasteiger charge is 2.19. The van der Waals surface area contributed by atoms with E-state index in [1.165, 1.54) is 25.3 Å². The second-order valence-corrected chi connectivity index (χ2v) is 3.58. The fraction of sp³-hybridized carbons (Fsp3) is 0.182. The third-order valence-electron chi connectivity index (χ3n) is 1.98. The summed E-state index contributed by atoms with van der Waals surface area (Å²) in [5, 5.41) is 8.58. The van der Waals surface area contributed by atoms with Gasteiger partial charge in [0, 0.05) is 5.56 Å². The van der Waals surface area contributed by atoms with Crippen molar-refractivity contribution >= 4 is 29.1 Å². The zero-order valence-electron chi connectivity index (χ0n) is 8.90. The number of hydrogen-bond donors (Lipinski definition) is 1. The molecule has 0 bridgehead atoms. The first-order valence-corrected chi connectivity index (χ1v) is 4.96. The summed E-state index contributed by atoms with van der Waals surface area (Å²) >= 11 is 5.78. The molecular formula is C11H9ClO5. The number of carbonyl (C=O) groups is 3. The van der Waals surface area contributed by atoms with Crippen molar-refractivity contribution in [2.45, 2.75) is 6.42 Å². The molecule has 0 aliphatic rings. The van der Waals surface area contributed by atoms with Gasteiger partial charge in [-0.25, -0.2) is 0 Å². The zero-order chi connectivity index (χ0) is 13.0. The average molecular weight is 257 g/mol. The fourth-order valence-corrected chi connectivity index (χ4v) is 1.44. The highest BCUT2D eigenvalue weighted by Crippen LogP contribution is 2.25. The van der Waals surface area contributed by atoms with Crippen LogP contribution in [-0.4, -0.2) is 29.8 Å². The number of Topliss-reactive ketones (excluding diaryl/α,β-unsaturated/α-hetero) is 2. The van der Waals surface area contributed by atoms with Crippen LogP contribution in [0.5, 0.6) is 5.75 Å². The lowest BCUT2D eigenvalue weighted by Crippen LogP contribution is -2.17. The molecule has 17 heavy (non-hydrogen) atoms. The lowest BCUT2D eigenvalue weighted by molar-refractivity contribution is -0.139. The van der Waals surface area contributed by atoms with Gasteiger partial charge in [0.15, 0.2) is 0 Å². The van der Waals surface area contributed by atoms with Gasteiger partial charge in [-0.3, -0.25) is 14.4 Å². The van der Waals surface area contributed by atoms with Crippen LogP contribution < -0.4 is 4.74 Å². The van der Waals surface area contributed by atoms with Gasteiger partial charge < -0.3 is 9.84 Å². The molecule has 1 aromatic carbocycles. The third kappa shape index (κ3) is 3.29. The summed E-state index contributed by atoms with van der Waals surface area (Å²) in [7, 11) is 1.41. The predicted octanol–water partition coefficient (Wildman–Crippen LogP) is 1.58. The van der Waals surface area contributed by atoms with Gasteiger partial charge in [0.2, 0.25) is 11.6 Å². The number of benzene rings is 1. The molecule has 0 atom stereocenters. The van der Waals surface area contributed by atoms with E-state index in [1.807, 2.05) is 0 Å². The Hall–Kier alpha value is -1.88. The summed E-state index contributed by atoms with van der Waals surface area (Å²) in [6, 6.07) is 4.05. The van der Waals surface area contributed by atoms with Crippen LogP contribution in [0.25, 0.3) is 0 Å². The molecule has 0 amide bonds. The van der Waals surface area contributed by atoms with E-state index < -0.39 is 24.0 Å². The molecule has 1 rings (SSSR count). The Labute approximate surface area is 102 Å². The minimum atomic E-state index is -1.34. The number of ether oxygens (including phenoxy) is 1. The second-order valence-electron chi connectivity index (χ2n) is 3.17. The number of carboxylic acid groups (broad SMARTS) is 1. The van der Waals surface area contributed by atoms with E-state index >= 15 is 0 Å². The molecule has 5 nitrogen and oxygen atoms in total. The smallest absolute Gasteiger partial charge is 0.311 e. The number of hydrogen-bond acceptors (Lipinski definition) is 4. The van der Waals surface area contributed by atoms with Gasteiger partial charge in [-0.1, -0.05) is 11.6 Å². The van der Waals surface area contributed by atoms with Gasteiger partial charge in [-0.15, -0.1) is 0 Å². The van der Waals surface area contributed by atoms with Gasteiger partial charge >= 0.3 is 5.97 Å². The Morgan fingerprint density at radius 1 is 1.35 bits per heavy atom. The molecule has 0 spiro atoms. The highest BCUT2D eigenvalue weighted by atomic mass is 35.5. The van der Waals surface area contributed by atoms with Crippen LogP contribution >= 0.6 is 11.6 Å². The standard InChI is InChI=1S/C11H9ClO5/c1-17-9-3-2-6(4-7(9)12)11(16)8(13)5-10(14)15/h2-4H,5H2,1H3,(H,14,15). The Morgan fingerprint density at radius 2 is 2.00 bits per heavy atom. The molecule has 0 aromatic heterocycles. The van der Waals surface area contributed by atoms with Crippen molar-refractivity contribution < 1.29 is 24.2 Å². The van der Waals surface area contributed by atoms with Crippen molar-refractivity contribution in [3.05, 3.63) is 28.8 Å². The maximum absolute atomic E-state index is 11.5. The van der Waals surface area contributed by atoms with Crippen LogP contribution in [0, 0.1) is 0 Å². The molecule has 0 fully saturated rings. The van der Waals surface area contributed by atoms with Gasteiger partial charge in [0.25, 0.3) is 0 Å². The van der Waals surface area contributed by atoms with E-state index in [2.05, 4.69) is 0 Å². The van der Waals surface area contributed by atoms with E-state index in [4.69, 9.17) is 21.4 Å². The Morgan fingerprint density at radius 3 is 2.47 bits per heavy atom. The number of carboxylic acids is 1. The van der Waals surface area contributed by atoms with Gasteiger partial charge in [0.1, 0.15) is 12.2 Å². The van der Waals surface area contributed by atoms with E-state index in [-0.39, 0.29) is 10.6 Å². The van der Waals surface area contributed by atoms with Gasteiger partial charge in [-0.05, 0) is 18.2 Å². The molecular weight excluding hydrogens is 248 g/mol. The molecule has 1 aromatic rings. The van der Waals surface area contributed by atoms with Crippen molar-refractivity contribution in [3.63, 3.8) is 0 Å². The minimum absolute atomic E-state index is 0.0436. The largest absolute Gasteiger partial charge is 0.495 e. The predicted molar refractivity (Wildman–Crippen MR) is 59.6 cm³/mol. The number of methoxy groups -OCH3 is 1. The Balaban J connectivity index is 2.93. The normalized spacial score (nSPS) is 9.76. The van der Waals surface area contributed by atoms with Crippen molar-refractivity contribution in [3.8, 4) is 5.75 Å². The first-order chi connectivity index (χ1) is 7.95. The highest BCUT2D eigenvalue weighted by molar-refractivity contribution is 6.46. The van der Waals surface area contributed by atoms with Crippen molar-refractivity contribution in [2.24, 2.45) is 0 Å². The zero-order valence-corrected chi connectivity index (χ0v) is 9.65. The Kier molecular flexibility index (Phi) is 4.23. The quantitative estimate of drug-likeness (QED) is 0.491. The minimum Gasteiger partial charge on any atom is -0.495 e. The molecule has 1 N–H and O–H groups in total. The van der Waals surface area contributed by atoms with Crippen LogP contribution in [0.4, 0.5) is 0 Å². The van der Waals surface area contributed by atoms with Crippen LogP contribution in [0.15, 0.2) is 18.2 Å². The number of halogens is 1. The molecule has 0 heterocycles. The molecule has 90 valence electrons. The van der Waals surface area contributed by atoms with Crippen LogP contribution in [0.3, 0.4) is 0 Å². The summed E-state index contributed by atoms with van der Waals surface area (Å²) in [6.45, 7) is 0. The molecule has 0 saturated heterocycles. The van der Waals surface area contributed by atoms with Gasteiger partial charge in [0.05, 0.1) is 12.1 Å². The van der Waals surface area contributed by atoms with E-state index in [0.29, 0.717) is 5.75 Å². The maximum Gasteiger partial charge on any atom is 0.311 e. The lowest BCUT2D eigenvalue weighted by Gasteiger charge is -2.04. The molecule has 0 unspecified atom stereocenters. The molecule has 0 aliphatic heterocycles. The summed E-state index contributed by atoms with van der Waals surface area (Å²) in [4.78, 5) is 33.0. The van der Waals surface area contributed by atoms with Crippen LogP contribution in [-0.2, 0) is 9.59 Å². The summed E-state index contributed by atoms with van der Waals surface area (Å²) in [5.74, 6) is -2.84. The Bertz CT molecular complexity index is 481. The van der Waals surface area contributed by atoms with Crippen molar-refractivity contribution in [1.29, 1.82) is 0 Å². The monoisotopic (exact) mass is 256 g/mol. The summed E-state index contributed by atoms with van der Waals surface area (Å²) in [5.41, 5.74) is 0.0436. The first kappa shape index (κ1) is 13.2. The van der Waals surface area contributed by atoms with Crippen LogP contribution in [0.2, 0.25) is 5.02 Å². The number of rotatable bonds is 5. The number of carbonyl (C=O) groups excluding carboxylic acids is 2. The van der Waals surface area contributed by atoms with Gasteiger partial charge in [-0.2, -0.15) is 0 Å². The third-order valence-corrected chi connectivity index (χ3v) is 2.27. The molecule has 0 aliphatic carbocycles. The fourth-order valence-electron chi connectivity index (χ4n) is 1.19. The van der Waals surface area contributed by atoms with Crippen molar-refractivity contribution in [1.82, 2.24) is 0 Å². The van der Waals surface area contributed by atoms with E-state index in [0.717, 1.165) is 0 Å². The molecule has 0 saturated carbocycles. The topological polar surface area (TPSA) is 80.7 Å². The lowest BCUT2D eigenvalue weighted by atomic mass is 10.1. The second kappa shape index (κ2) is 5.45. The van der Waals surface area contributed by atoms with Crippen LogP contribution in [0.1, 0.15) is 16.8 Å². The first-order valence-electron chi connectivity index (χ1n) is 4.58. The van der Waals surface area contributed by atoms with E-state index in [1.54, 1.807) is 0 Å². The summed E-state index contributed by atoms with van der Waals surface area (Å²) in [6.07, 6.45) is -0.831. The number of aliphatic carboxylic acids is 1. The molecule has 6 heteroatoms. The maximum atomic E-state index is 11.5. The van der Waals surface area contributed by atoms with E-state index in [9.17, 15) is 14.4 Å².